The third kappa shape index (κ3) is 1.75. The number of nitrogens with zero attached hydrogens (tertiary/aromatic N) is 2. The molecule has 0 fully saturated rings. The summed E-state index contributed by atoms with van der Waals surface area (Å²) in [6.45, 7) is 3.39. The van der Waals surface area contributed by atoms with Crippen molar-refractivity contribution >= 4 is 17.3 Å². The van der Waals surface area contributed by atoms with Gasteiger partial charge in [-0.3, -0.25) is 4.79 Å². The number of aromatic nitrogens is 2. The summed E-state index contributed by atoms with van der Waals surface area (Å²) in [5.41, 5.74) is 0.691. The quantitative estimate of drug-likeness (QED) is 0.733. The molecule has 0 unspecified atom stereocenters. The minimum absolute atomic E-state index is 0.221. The summed E-state index contributed by atoms with van der Waals surface area (Å²) in [5, 5.41) is 0. The van der Waals surface area contributed by atoms with Crippen LogP contribution < -0.4 is 5.56 Å². The van der Waals surface area contributed by atoms with Crippen LogP contribution in [0.1, 0.15) is 19.5 Å². The summed E-state index contributed by atoms with van der Waals surface area (Å²) in [4.78, 5) is 27.5. The molecule has 1 aromatic heterocycles. The van der Waals surface area contributed by atoms with Crippen LogP contribution in [0.3, 0.4) is 0 Å². The summed E-state index contributed by atoms with van der Waals surface area (Å²) in [6, 6.07) is 7.38. The molecule has 0 bridgehead atoms. The fraction of sp³-hybridized carbons (Fsp3) is 0.308. The highest BCUT2D eigenvalue weighted by Crippen LogP contribution is 2.17. The highest BCUT2D eigenvalue weighted by molar-refractivity contribution is 5.76. The van der Waals surface area contributed by atoms with E-state index >= 15 is 0 Å². The standard InChI is InChI=1S/C13H14N2O2/c1-13(2,8-16)11-12(17)15(3)10-7-5-4-6-9(10)14-11/h4-8H,1-3H3. The van der Waals surface area contributed by atoms with Crippen molar-refractivity contribution in [1.82, 2.24) is 9.55 Å². The Morgan fingerprint density at radius 2 is 1.94 bits per heavy atom. The Balaban J connectivity index is 2.88. The third-order valence-electron chi connectivity index (χ3n) is 2.89. The number of carbonyl (C=O) groups excluding carboxylic acids is 1. The van der Waals surface area contributed by atoms with Crippen LogP contribution in [0.2, 0.25) is 0 Å². The van der Waals surface area contributed by atoms with E-state index in [1.165, 1.54) is 4.57 Å². The van der Waals surface area contributed by atoms with E-state index in [4.69, 9.17) is 0 Å². The van der Waals surface area contributed by atoms with E-state index in [2.05, 4.69) is 4.98 Å². The Kier molecular flexibility index (Phi) is 2.58. The molecule has 0 spiro atoms. The molecule has 1 heterocycles. The molecule has 0 N–H and O–H groups in total. The number of rotatable bonds is 2. The molecule has 0 amide bonds. The summed E-state index contributed by atoms with van der Waals surface area (Å²) < 4.78 is 1.53. The number of hydrogen-bond acceptors (Lipinski definition) is 3. The van der Waals surface area contributed by atoms with Gasteiger partial charge in [0, 0.05) is 7.05 Å². The Morgan fingerprint density at radius 3 is 2.59 bits per heavy atom. The second-order valence-electron chi connectivity index (χ2n) is 4.65. The molecule has 0 radical (unpaired) electrons. The molecule has 0 atom stereocenters. The van der Waals surface area contributed by atoms with Crippen molar-refractivity contribution < 1.29 is 4.79 Å². The molecular weight excluding hydrogens is 216 g/mol. The van der Waals surface area contributed by atoms with Crippen molar-refractivity contribution in [1.29, 1.82) is 0 Å². The van der Waals surface area contributed by atoms with Crippen LogP contribution in [0.15, 0.2) is 29.1 Å². The maximum absolute atomic E-state index is 12.1. The van der Waals surface area contributed by atoms with Gasteiger partial charge in [0.1, 0.15) is 12.0 Å². The Morgan fingerprint density at radius 1 is 1.29 bits per heavy atom. The van der Waals surface area contributed by atoms with E-state index in [9.17, 15) is 9.59 Å². The summed E-state index contributed by atoms with van der Waals surface area (Å²) >= 11 is 0. The molecule has 0 saturated heterocycles. The predicted octanol–water partition coefficient (Wildman–Crippen LogP) is 1.41. The second-order valence-corrected chi connectivity index (χ2v) is 4.65. The van der Waals surface area contributed by atoms with Gasteiger partial charge < -0.3 is 9.36 Å². The average molecular weight is 230 g/mol. The molecule has 0 aliphatic heterocycles. The molecule has 2 rings (SSSR count). The number of carbonyl (C=O) groups is 1. The fourth-order valence-corrected chi connectivity index (χ4v) is 1.75. The van der Waals surface area contributed by atoms with Crippen molar-refractivity contribution in [3.8, 4) is 0 Å². The largest absolute Gasteiger partial charge is 0.308 e. The molecule has 4 nitrogen and oxygen atoms in total. The van der Waals surface area contributed by atoms with E-state index < -0.39 is 5.41 Å². The normalized spacial score (nSPS) is 11.7. The molecule has 17 heavy (non-hydrogen) atoms. The number of hydrogen-bond donors (Lipinski definition) is 0. The highest BCUT2D eigenvalue weighted by atomic mass is 16.1. The first-order valence-electron chi connectivity index (χ1n) is 5.40. The first-order chi connectivity index (χ1) is 7.97. The Labute approximate surface area is 98.9 Å². The molecular formula is C13H14N2O2. The van der Waals surface area contributed by atoms with Crippen LogP contribution in [0, 0.1) is 0 Å². The summed E-state index contributed by atoms with van der Waals surface area (Å²) in [7, 11) is 1.69. The zero-order valence-electron chi connectivity index (χ0n) is 10.1. The predicted molar refractivity (Wildman–Crippen MR) is 66.1 cm³/mol. The Hall–Kier alpha value is -1.97. The fourth-order valence-electron chi connectivity index (χ4n) is 1.75. The van der Waals surface area contributed by atoms with E-state index in [0.29, 0.717) is 0 Å². The zero-order valence-corrected chi connectivity index (χ0v) is 10.1. The smallest absolute Gasteiger partial charge is 0.273 e. The van der Waals surface area contributed by atoms with E-state index in [-0.39, 0.29) is 11.3 Å². The lowest BCUT2D eigenvalue weighted by molar-refractivity contribution is -0.111. The molecule has 0 aliphatic carbocycles. The molecule has 1 aromatic carbocycles. The van der Waals surface area contributed by atoms with Gasteiger partial charge in [0.2, 0.25) is 0 Å². The van der Waals surface area contributed by atoms with Crippen LogP contribution in [0.4, 0.5) is 0 Å². The summed E-state index contributed by atoms with van der Waals surface area (Å²) in [6.07, 6.45) is 0.755. The lowest BCUT2D eigenvalue weighted by atomic mass is 9.91. The van der Waals surface area contributed by atoms with E-state index in [1.807, 2.05) is 24.3 Å². The molecule has 0 saturated carbocycles. The van der Waals surface area contributed by atoms with Gasteiger partial charge in [-0.25, -0.2) is 4.98 Å². The van der Waals surface area contributed by atoms with Gasteiger partial charge in [0.25, 0.3) is 5.56 Å². The zero-order chi connectivity index (χ0) is 12.6. The van der Waals surface area contributed by atoms with Crippen molar-refractivity contribution in [2.75, 3.05) is 0 Å². The van der Waals surface area contributed by atoms with Crippen LogP contribution in [-0.2, 0) is 17.3 Å². The minimum atomic E-state index is -0.862. The lowest BCUT2D eigenvalue weighted by Gasteiger charge is -2.17. The maximum Gasteiger partial charge on any atom is 0.273 e. The van der Waals surface area contributed by atoms with Crippen LogP contribution >= 0.6 is 0 Å². The van der Waals surface area contributed by atoms with Gasteiger partial charge in [-0.2, -0.15) is 0 Å². The Bertz CT molecular complexity index is 641. The van der Waals surface area contributed by atoms with Crippen molar-refractivity contribution in [3.05, 3.63) is 40.3 Å². The van der Waals surface area contributed by atoms with Crippen LogP contribution in [0.25, 0.3) is 11.0 Å². The number of para-hydroxylation sites is 2. The molecule has 88 valence electrons. The monoisotopic (exact) mass is 230 g/mol. The highest BCUT2D eigenvalue weighted by Gasteiger charge is 2.26. The van der Waals surface area contributed by atoms with Gasteiger partial charge in [-0.15, -0.1) is 0 Å². The second kappa shape index (κ2) is 3.80. The van der Waals surface area contributed by atoms with Crippen molar-refractivity contribution in [3.63, 3.8) is 0 Å². The van der Waals surface area contributed by atoms with E-state index in [1.54, 1.807) is 20.9 Å². The van der Waals surface area contributed by atoms with Gasteiger partial charge in [-0.05, 0) is 26.0 Å². The van der Waals surface area contributed by atoms with E-state index in [0.717, 1.165) is 17.3 Å². The van der Waals surface area contributed by atoms with Crippen LogP contribution in [-0.4, -0.2) is 15.8 Å². The van der Waals surface area contributed by atoms with Crippen molar-refractivity contribution in [2.24, 2.45) is 7.05 Å². The number of benzene rings is 1. The molecule has 0 aliphatic rings. The maximum atomic E-state index is 12.1. The van der Waals surface area contributed by atoms with Gasteiger partial charge >= 0.3 is 0 Å². The van der Waals surface area contributed by atoms with Gasteiger partial charge in [0.15, 0.2) is 0 Å². The third-order valence-corrected chi connectivity index (χ3v) is 2.89. The molecule has 4 heteroatoms. The van der Waals surface area contributed by atoms with Gasteiger partial charge in [0.05, 0.1) is 16.4 Å². The first-order valence-corrected chi connectivity index (χ1v) is 5.40. The SMILES string of the molecule is Cn1c(=O)c(C(C)(C)C=O)nc2ccccc21. The molecule has 2 aromatic rings. The van der Waals surface area contributed by atoms with Gasteiger partial charge in [-0.1, -0.05) is 12.1 Å². The van der Waals surface area contributed by atoms with Crippen molar-refractivity contribution in [2.45, 2.75) is 19.3 Å². The number of aldehydes is 1. The topological polar surface area (TPSA) is 52.0 Å². The minimum Gasteiger partial charge on any atom is -0.308 e. The average Bonchev–Trinajstić information content (AvgIpc) is 2.33. The first kappa shape index (κ1) is 11.5. The van der Waals surface area contributed by atoms with Crippen LogP contribution in [0.5, 0.6) is 0 Å². The lowest BCUT2D eigenvalue weighted by Crippen LogP contribution is -2.33. The number of fused-ring (bicyclic) bond motifs is 1. The number of aryl methyl sites for hydroxylation is 1. The summed E-state index contributed by atoms with van der Waals surface area (Å²) in [5.74, 6) is 0.